The highest BCUT2D eigenvalue weighted by Crippen LogP contribution is 2.16. The highest BCUT2D eigenvalue weighted by atomic mass is 32.2. The number of nitrogens with one attached hydrogen (secondary N) is 2. The molecule has 0 spiro atoms. The van der Waals surface area contributed by atoms with Crippen molar-refractivity contribution < 1.29 is 21.9 Å². The SMILES string of the molecule is Cc1cc(N2CCOCC2)nc(NCCNS(=O)(=O)c2ccc(F)c(F)c2)n1. The molecule has 2 N–H and O–H groups in total. The van der Waals surface area contributed by atoms with Crippen LogP contribution >= 0.6 is 0 Å². The number of sulfonamides is 1. The van der Waals surface area contributed by atoms with Crippen LogP contribution in [0.1, 0.15) is 5.69 Å². The number of aryl methyl sites for hydroxylation is 1. The van der Waals surface area contributed by atoms with Crippen molar-refractivity contribution in [3.63, 3.8) is 0 Å². The lowest BCUT2D eigenvalue weighted by molar-refractivity contribution is 0.122. The number of anilines is 2. The monoisotopic (exact) mass is 413 g/mol. The lowest BCUT2D eigenvalue weighted by atomic mass is 10.3. The topological polar surface area (TPSA) is 96.5 Å². The maximum absolute atomic E-state index is 13.2. The van der Waals surface area contributed by atoms with Gasteiger partial charge in [-0.1, -0.05) is 0 Å². The van der Waals surface area contributed by atoms with E-state index in [0.29, 0.717) is 25.2 Å². The Hall–Kier alpha value is -2.37. The molecule has 0 radical (unpaired) electrons. The summed E-state index contributed by atoms with van der Waals surface area (Å²) < 4.78 is 58.1. The molecule has 1 saturated heterocycles. The third-order valence-corrected chi connectivity index (χ3v) is 5.54. The van der Waals surface area contributed by atoms with E-state index in [-0.39, 0.29) is 18.0 Å². The largest absolute Gasteiger partial charge is 0.378 e. The number of aromatic nitrogens is 2. The van der Waals surface area contributed by atoms with Crippen LogP contribution in [0.15, 0.2) is 29.2 Å². The molecule has 1 fully saturated rings. The first-order valence-electron chi connectivity index (χ1n) is 8.72. The quantitative estimate of drug-likeness (QED) is 0.661. The number of morpholine rings is 1. The van der Waals surface area contributed by atoms with Crippen LogP contribution in [0.25, 0.3) is 0 Å². The number of hydrogen-bond donors (Lipinski definition) is 2. The van der Waals surface area contributed by atoms with Crippen molar-refractivity contribution in [3.05, 3.63) is 41.6 Å². The summed E-state index contributed by atoms with van der Waals surface area (Å²) in [6.45, 7) is 4.84. The summed E-state index contributed by atoms with van der Waals surface area (Å²) in [6.07, 6.45) is 0. The Kier molecular flexibility index (Phi) is 6.37. The third-order valence-electron chi connectivity index (χ3n) is 4.08. The fourth-order valence-corrected chi connectivity index (χ4v) is 3.72. The first kappa shape index (κ1) is 20.4. The molecule has 0 saturated carbocycles. The van der Waals surface area contributed by atoms with Crippen LogP contribution < -0.4 is 14.9 Å². The summed E-state index contributed by atoms with van der Waals surface area (Å²) in [5, 5.41) is 2.97. The van der Waals surface area contributed by atoms with Gasteiger partial charge in [-0.3, -0.25) is 0 Å². The average molecular weight is 413 g/mol. The summed E-state index contributed by atoms with van der Waals surface area (Å²) in [4.78, 5) is 10.5. The first-order chi connectivity index (χ1) is 13.3. The van der Waals surface area contributed by atoms with Gasteiger partial charge in [0.25, 0.3) is 0 Å². The Morgan fingerprint density at radius 2 is 1.86 bits per heavy atom. The van der Waals surface area contributed by atoms with Crippen LogP contribution in [-0.4, -0.2) is 57.8 Å². The number of hydrogen-bond acceptors (Lipinski definition) is 7. The third kappa shape index (κ3) is 5.12. The Morgan fingerprint density at radius 1 is 1.11 bits per heavy atom. The van der Waals surface area contributed by atoms with Gasteiger partial charge in [0.2, 0.25) is 16.0 Å². The summed E-state index contributed by atoms with van der Waals surface area (Å²) >= 11 is 0. The maximum Gasteiger partial charge on any atom is 0.240 e. The zero-order valence-corrected chi connectivity index (χ0v) is 16.1. The van der Waals surface area contributed by atoms with E-state index >= 15 is 0 Å². The Morgan fingerprint density at radius 3 is 2.57 bits per heavy atom. The fraction of sp³-hybridized carbons (Fsp3) is 0.412. The zero-order valence-electron chi connectivity index (χ0n) is 15.3. The number of benzene rings is 1. The minimum Gasteiger partial charge on any atom is -0.378 e. The molecule has 2 aromatic rings. The summed E-state index contributed by atoms with van der Waals surface area (Å²) in [5.41, 5.74) is 0.779. The maximum atomic E-state index is 13.2. The fourth-order valence-electron chi connectivity index (χ4n) is 2.67. The van der Waals surface area contributed by atoms with E-state index in [1.807, 2.05) is 13.0 Å². The molecular formula is C17H21F2N5O3S. The number of halogens is 2. The molecule has 1 aliphatic heterocycles. The lowest BCUT2D eigenvalue weighted by Crippen LogP contribution is -2.37. The van der Waals surface area contributed by atoms with Crippen molar-refractivity contribution in [3.8, 4) is 0 Å². The van der Waals surface area contributed by atoms with Crippen LogP contribution in [0.2, 0.25) is 0 Å². The van der Waals surface area contributed by atoms with Gasteiger partial charge in [0, 0.05) is 37.9 Å². The van der Waals surface area contributed by atoms with E-state index in [1.165, 1.54) is 0 Å². The molecule has 1 aromatic heterocycles. The molecule has 8 nitrogen and oxygen atoms in total. The van der Waals surface area contributed by atoms with E-state index in [9.17, 15) is 17.2 Å². The molecule has 0 atom stereocenters. The second kappa shape index (κ2) is 8.76. The van der Waals surface area contributed by atoms with Crippen LogP contribution in [0, 0.1) is 18.6 Å². The highest BCUT2D eigenvalue weighted by molar-refractivity contribution is 7.89. The van der Waals surface area contributed by atoms with Crippen molar-refractivity contribution >= 4 is 21.8 Å². The predicted molar refractivity (Wildman–Crippen MR) is 99.8 cm³/mol. The smallest absolute Gasteiger partial charge is 0.240 e. The average Bonchev–Trinajstić information content (AvgIpc) is 2.67. The van der Waals surface area contributed by atoms with Gasteiger partial charge in [-0.05, 0) is 25.1 Å². The molecule has 11 heteroatoms. The summed E-state index contributed by atoms with van der Waals surface area (Å²) in [6, 6.07) is 4.30. The van der Waals surface area contributed by atoms with Crippen LogP contribution in [-0.2, 0) is 14.8 Å². The second-order valence-corrected chi connectivity index (χ2v) is 7.96. The van der Waals surface area contributed by atoms with E-state index in [1.54, 1.807) is 0 Å². The van der Waals surface area contributed by atoms with Crippen LogP contribution in [0.4, 0.5) is 20.5 Å². The molecular weight excluding hydrogens is 392 g/mol. The van der Waals surface area contributed by atoms with Gasteiger partial charge in [-0.25, -0.2) is 26.9 Å². The van der Waals surface area contributed by atoms with Gasteiger partial charge in [-0.2, -0.15) is 4.98 Å². The van der Waals surface area contributed by atoms with Crippen molar-refractivity contribution in [2.45, 2.75) is 11.8 Å². The Bertz CT molecular complexity index is 936. The molecule has 28 heavy (non-hydrogen) atoms. The van der Waals surface area contributed by atoms with Crippen LogP contribution in [0.3, 0.4) is 0 Å². The van der Waals surface area contributed by atoms with E-state index in [2.05, 4.69) is 24.9 Å². The lowest BCUT2D eigenvalue weighted by Gasteiger charge is -2.28. The molecule has 0 bridgehead atoms. The molecule has 1 aliphatic rings. The van der Waals surface area contributed by atoms with Gasteiger partial charge in [0.1, 0.15) is 5.82 Å². The molecule has 0 aliphatic carbocycles. The standard InChI is InChI=1S/C17H21F2N5O3S/c1-12-10-16(24-6-8-27-9-7-24)23-17(22-12)20-4-5-21-28(25,26)13-2-3-14(18)15(19)11-13/h2-3,10-11,21H,4-9H2,1H3,(H,20,22,23). The first-order valence-corrected chi connectivity index (χ1v) is 10.2. The summed E-state index contributed by atoms with van der Waals surface area (Å²) in [5.74, 6) is -1.16. The Balaban J connectivity index is 1.57. The van der Waals surface area contributed by atoms with Gasteiger partial charge >= 0.3 is 0 Å². The molecule has 3 rings (SSSR count). The zero-order chi connectivity index (χ0) is 20.1. The molecule has 152 valence electrons. The molecule has 0 amide bonds. The van der Waals surface area contributed by atoms with Gasteiger partial charge in [0.05, 0.1) is 18.1 Å². The van der Waals surface area contributed by atoms with E-state index < -0.39 is 21.7 Å². The van der Waals surface area contributed by atoms with E-state index in [4.69, 9.17) is 4.74 Å². The second-order valence-electron chi connectivity index (χ2n) is 6.19. The highest BCUT2D eigenvalue weighted by Gasteiger charge is 2.17. The van der Waals surface area contributed by atoms with Crippen molar-refractivity contribution in [1.82, 2.24) is 14.7 Å². The number of ether oxygens (including phenoxy) is 1. The Labute approximate surface area is 162 Å². The molecule has 0 unspecified atom stereocenters. The van der Waals surface area contributed by atoms with Crippen LogP contribution in [0.5, 0.6) is 0 Å². The molecule has 2 heterocycles. The number of rotatable bonds is 7. The van der Waals surface area contributed by atoms with Gasteiger partial charge in [-0.15, -0.1) is 0 Å². The van der Waals surface area contributed by atoms with Crippen molar-refractivity contribution in [1.29, 1.82) is 0 Å². The van der Waals surface area contributed by atoms with Gasteiger partial charge < -0.3 is 15.0 Å². The minimum absolute atomic E-state index is 0.0194. The predicted octanol–water partition coefficient (Wildman–Crippen LogP) is 1.29. The molecule has 1 aromatic carbocycles. The normalized spacial score (nSPS) is 14.9. The van der Waals surface area contributed by atoms with Crippen molar-refractivity contribution in [2.75, 3.05) is 49.6 Å². The van der Waals surface area contributed by atoms with Crippen molar-refractivity contribution in [2.24, 2.45) is 0 Å². The van der Waals surface area contributed by atoms with Gasteiger partial charge in [0.15, 0.2) is 11.6 Å². The van der Waals surface area contributed by atoms with E-state index in [0.717, 1.165) is 36.7 Å². The summed E-state index contributed by atoms with van der Waals surface area (Å²) in [7, 11) is -3.95. The minimum atomic E-state index is -3.95. The number of nitrogens with zero attached hydrogens (tertiary/aromatic N) is 3.